The van der Waals surface area contributed by atoms with Crippen LogP contribution in [0.2, 0.25) is 0 Å². The van der Waals surface area contributed by atoms with E-state index in [2.05, 4.69) is 15.0 Å². The number of nitrogens with zero attached hydrogens (tertiary/aromatic N) is 3. The molecule has 1 aromatic rings. The molecule has 3 heteroatoms. The predicted molar refractivity (Wildman–Crippen MR) is 44.7 cm³/mol. The van der Waals surface area contributed by atoms with Gasteiger partial charge in [0.05, 0.1) is 12.2 Å². The molecular weight excluding hydrogens is 138 g/mol. The van der Waals surface area contributed by atoms with Crippen molar-refractivity contribution in [2.45, 2.75) is 20.4 Å². The summed E-state index contributed by atoms with van der Waals surface area (Å²) in [5.41, 5.74) is 2.09. The standard InChI is InChI=1S/C6H5N3.C2H6/c1-5-2-8-4-9-6(5)3-7-1;1-2/h1-2,4H,3H2;1-2H3. The fraction of sp³-hybridized carbons (Fsp3) is 0.375. The van der Waals surface area contributed by atoms with Crippen molar-refractivity contribution in [1.82, 2.24) is 9.97 Å². The Morgan fingerprint density at radius 3 is 2.91 bits per heavy atom. The van der Waals surface area contributed by atoms with Crippen LogP contribution in [0, 0.1) is 0 Å². The van der Waals surface area contributed by atoms with Gasteiger partial charge in [-0.25, -0.2) is 9.97 Å². The van der Waals surface area contributed by atoms with Gasteiger partial charge in [-0.3, -0.25) is 4.99 Å². The van der Waals surface area contributed by atoms with E-state index in [1.807, 2.05) is 13.8 Å². The first kappa shape index (κ1) is 7.85. The van der Waals surface area contributed by atoms with Gasteiger partial charge >= 0.3 is 0 Å². The highest BCUT2D eigenvalue weighted by Gasteiger charge is 2.04. The topological polar surface area (TPSA) is 38.1 Å². The zero-order valence-corrected chi connectivity index (χ0v) is 6.78. The summed E-state index contributed by atoms with van der Waals surface area (Å²) in [7, 11) is 0. The van der Waals surface area contributed by atoms with Gasteiger partial charge < -0.3 is 0 Å². The molecule has 2 heterocycles. The van der Waals surface area contributed by atoms with E-state index in [-0.39, 0.29) is 0 Å². The van der Waals surface area contributed by atoms with Crippen LogP contribution in [0.1, 0.15) is 25.1 Å². The molecule has 2 rings (SSSR count). The van der Waals surface area contributed by atoms with E-state index in [9.17, 15) is 0 Å². The molecule has 58 valence electrons. The molecule has 0 fully saturated rings. The molecule has 1 aliphatic rings. The Labute approximate surface area is 66.2 Å². The lowest BCUT2D eigenvalue weighted by atomic mass is 10.3. The van der Waals surface area contributed by atoms with Gasteiger partial charge in [-0.2, -0.15) is 0 Å². The van der Waals surface area contributed by atoms with Crippen LogP contribution in [0.3, 0.4) is 0 Å². The zero-order valence-electron chi connectivity index (χ0n) is 6.78. The molecule has 0 aliphatic carbocycles. The highest BCUT2D eigenvalue weighted by Crippen LogP contribution is 2.07. The number of rotatable bonds is 0. The van der Waals surface area contributed by atoms with Crippen molar-refractivity contribution in [3.05, 3.63) is 23.8 Å². The Morgan fingerprint density at radius 2 is 2.18 bits per heavy atom. The van der Waals surface area contributed by atoms with Crippen molar-refractivity contribution in [3.8, 4) is 0 Å². The minimum Gasteiger partial charge on any atom is -0.286 e. The van der Waals surface area contributed by atoms with Crippen LogP contribution in [0.4, 0.5) is 0 Å². The van der Waals surface area contributed by atoms with E-state index < -0.39 is 0 Å². The normalized spacial score (nSPS) is 11.8. The van der Waals surface area contributed by atoms with Gasteiger partial charge in [0.2, 0.25) is 0 Å². The lowest BCUT2D eigenvalue weighted by Crippen LogP contribution is -1.88. The van der Waals surface area contributed by atoms with Crippen LogP contribution in [0.5, 0.6) is 0 Å². The van der Waals surface area contributed by atoms with E-state index in [1.54, 1.807) is 18.7 Å². The zero-order chi connectivity index (χ0) is 8.10. The second kappa shape index (κ2) is 3.81. The van der Waals surface area contributed by atoms with Crippen LogP contribution in [0.25, 0.3) is 0 Å². The molecule has 3 nitrogen and oxygen atoms in total. The minimum atomic E-state index is 0.720. The molecule has 0 amide bonds. The first-order valence-corrected chi connectivity index (χ1v) is 3.75. The van der Waals surface area contributed by atoms with Gasteiger partial charge in [0.15, 0.2) is 0 Å². The SMILES string of the molecule is C1=NCc2ncncc21.CC. The van der Waals surface area contributed by atoms with Crippen molar-refractivity contribution in [3.63, 3.8) is 0 Å². The molecule has 0 spiro atoms. The first-order valence-electron chi connectivity index (χ1n) is 3.75. The summed E-state index contributed by atoms with van der Waals surface area (Å²) >= 11 is 0. The number of aromatic nitrogens is 2. The van der Waals surface area contributed by atoms with Crippen molar-refractivity contribution in [2.75, 3.05) is 0 Å². The fourth-order valence-corrected chi connectivity index (χ4v) is 0.836. The number of fused-ring (bicyclic) bond motifs is 1. The third-order valence-corrected chi connectivity index (χ3v) is 1.30. The average molecular weight is 149 g/mol. The third kappa shape index (κ3) is 1.61. The molecule has 0 atom stereocenters. The summed E-state index contributed by atoms with van der Waals surface area (Å²) in [6.45, 7) is 4.72. The number of aliphatic imine (C=N–C) groups is 1. The van der Waals surface area contributed by atoms with Crippen LogP contribution in [0.15, 0.2) is 17.5 Å². The molecule has 0 bridgehead atoms. The van der Waals surface area contributed by atoms with Crippen molar-refractivity contribution < 1.29 is 0 Å². The molecule has 0 aromatic carbocycles. The summed E-state index contributed by atoms with van der Waals surface area (Å²) in [6.07, 6.45) is 5.13. The molecule has 0 radical (unpaired) electrons. The van der Waals surface area contributed by atoms with Gasteiger partial charge in [-0.05, 0) is 0 Å². The Hall–Kier alpha value is -1.25. The molecule has 1 aromatic heterocycles. The molecule has 0 saturated carbocycles. The molecule has 0 N–H and O–H groups in total. The van der Waals surface area contributed by atoms with Crippen LogP contribution >= 0.6 is 0 Å². The first-order chi connectivity index (χ1) is 5.47. The molecule has 1 aliphatic heterocycles. The van der Waals surface area contributed by atoms with Crippen LogP contribution < -0.4 is 0 Å². The Kier molecular flexibility index (Phi) is 2.72. The maximum Gasteiger partial charge on any atom is 0.115 e. The van der Waals surface area contributed by atoms with Crippen molar-refractivity contribution in [1.29, 1.82) is 0 Å². The van der Waals surface area contributed by atoms with E-state index in [4.69, 9.17) is 0 Å². The summed E-state index contributed by atoms with van der Waals surface area (Å²) < 4.78 is 0. The fourth-order valence-electron chi connectivity index (χ4n) is 0.836. The Morgan fingerprint density at radius 1 is 1.36 bits per heavy atom. The van der Waals surface area contributed by atoms with Gasteiger partial charge in [0.25, 0.3) is 0 Å². The highest BCUT2D eigenvalue weighted by atomic mass is 14.9. The second-order valence-corrected chi connectivity index (χ2v) is 1.89. The van der Waals surface area contributed by atoms with Gasteiger partial charge in [-0.15, -0.1) is 0 Å². The van der Waals surface area contributed by atoms with Crippen LogP contribution in [-0.4, -0.2) is 16.2 Å². The van der Waals surface area contributed by atoms with Crippen LogP contribution in [-0.2, 0) is 6.54 Å². The van der Waals surface area contributed by atoms with Gasteiger partial charge in [0, 0.05) is 18.0 Å². The smallest absolute Gasteiger partial charge is 0.115 e. The summed E-state index contributed by atoms with van der Waals surface area (Å²) in [5, 5.41) is 0. The predicted octanol–water partition coefficient (Wildman–Crippen LogP) is 1.44. The molecule has 11 heavy (non-hydrogen) atoms. The molecular formula is C8H11N3. The largest absolute Gasteiger partial charge is 0.286 e. The van der Waals surface area contributed by atoms with E-state index in [0.29, 0.717) is 0 Å². The van der Waals surface area contributed by atoms with Gasteiger partial charge in [0.1, 0.15) is 6.33 Å². The monoisotopic (exact) mass is 149 g/mol. The maximum atomic E-state index is 4.02. The lowest BCUT2D eigenvalue weighted by Gasteiger charge is -1.89. The lowest BCUT2D eigenvalue weighted by molar-refractivity contribution is 0.993. The number of hydrogen-bond donors (Lipinski definition) is 0. The summed E-state index contributed by atoms with van der Waals surface area (Å²) in [4.78, 5) is 11.9. The molecule has 0 unspecified atom stereocenters. The molecule has 0 saturated heterocycles. The quantitative estimate of drug-likeness (QED) is 0.559. The average Bonchev–Trinajstić information content (AvgIpc) is 2.55. The van der Waals surface area contributed by atoms with E-state index in [0.717, 1.165) is 17.8 Å². The summed E-state index contributed by atoms with van der Waals surface area (Å²) in [5.74, 6) is 0. The third-order valence-electron chi connectivity index (χ3n) is 1.30. The second-order valence-electron chi connectivity index (χ2n) is 1.89. The highest BCUT2D eigenvalue weighted by molar-refractivity contribution is 5.82. The van der Waals surface area contributed by atoms with Gasteiger partial charge in [-0.1, -0.05) is 13.8 Å². The Balaban J connectivity index is 0.000000281. The van der Waals surface area contributed by atoms with E-state index in [1.165, 1.54) is 0 Å². The Bertz CT molecular complexity index is 255. The van der Waals surface area contributed by atoms with Crippen molar-refractivity contribution >= 4 is 6.21 Å². The minimum absolute atomic E-state index is 0.720. The maximum absolute atomic E-state index is 4.02. The van der Waals surface area contributed by atoms with E-state index >= 15 is 0 Å². The summed E-state index contributed by atoms with van der Waals surface area (Å²) in [6, 6.07) is 0. The van der Waals surface area contributed by atoms with Crippen molar-refractivity contribution in [2.24, 2.45) is 4.99 Å². The number of hydrogen-bond acceptors (Lipinski definition) is 3.